The zero-order valence-corrected chi connectivity index (χ0v) is 12.4. The lowest BCUT2D eigenvalue weighted by Gasteiger charge is -2.33. The van der Waals surface area contributed by atoms with Gasteiger partial charge in [0, 0.05) is 31.9 Å². The number of hydrogen-bond acceptors (Lipinski definition) is 5. The fraction of sp³-hybridized carbons (Fsp3) is 0.429. The van der Waals surface area contributed by atoms with Crippen molar-refractivity contribution in [2.45, 2.75) is 0 Å². The van der Waals surface area contributed by atoms with Gasteiger partial charge in [-0.2, -0.15) is 0 Å². The van der Waals surface area contributed by atoms with Gasteiger partial charge in [-0.25, -0.2) is 10.3 Å². The molecule has 0 aliphatic carbocycles. The van der Waals surface area contributed by atoms with Crippen molar-refractivity contribution in [2.24, 2.45) is 0 Å². The number of nitrogens with zero attached hydrogens (tertiary/aromatic N) is 2. The number of methoxy groups -OCH3 is 1. The molecule has 22 heavy (non-hydrogen) atoms. The third-order valence-corrected chi connectivity index (χ3v) is 3.50. The van der Waals surface area contributed by atoms with Crippen LogP contribution < -0.4 is 15.5 Å². The van der Waals surface area contributed by atoms with E-state index in [-0.39, 0.29) is 12.5 Å². The highest BCUT2D eigenvalue weighted by Crippen LogP contribution is 2.15. The predicted molar refractivity (Wildman–Crippen MR) is 80.0 cm³/mol. The van der Waals surface area contributed by atoms with E-state index in [2.05, 4.69) is 5.32 Å². The first-order chi connectivity index (χ1) is 10.6. The second-order valence-electron chi connectivity index (χ2n) is 4.96. The van der Waals surface area contributed by atoms with Gasteiger partial charge in [-0.05, 0) is 24.3 Å². The van der Waals surface area contributed by atoms with Crippen LogP contribution in [0.25, 0.3) is 0 Å². The van der Waals surface area contributed by atoms with Crippen molar-refractivity contribution in [3.63, 3.8) is 0 Å². The van der Waals surface area contributed by atoms with Crippen LogP contribution in [-0.2, 0) is 4.79 Å². The van der Waals surface area contributed by atoms with Gasteiger partial charge in [0.05, 0.1) is 13.7 Å². The molecular weight excluding hydrogens is 288 g/mol. The molecule has 1 heterocycles. The van der Waals surface area contributed by atoms with Crippen molar-refractivity contribution in [3.8, 4) is 5.75 Å². The molecule has 8 heteroatoms. The number of carbonyl (C=O) groups excluding carboxylic acids is 2. The molecule has 1 aliphatic rings. The Morgan fingerprint density at radius 1 is 1.18 bits per heavy atom. The van der Waals surface area contributed by atoms with E-state index in [0.717, 1.165) is 5.75 Å². The molecule has 1 aromatic rings. The van der Waals surface area contributed by atoms with E-state index in [1.54, 1.807) is 36.9 Å². The van der Waals surface area contributed by atoms with Gasteiger partial charge in [-0.1, -0.05) is 0 Å². The Morgan fingerprint density at radius 3 is 2.36 bits per heavy atom. The Morgan fingerprint density at radius 2 is 1.82 bits per heavy atom. The molecule has 1 fully saturated rings. The summed E-state index contributed by atoms with van der Waals surface area (Å²) in [5.74, 6) is 0.626. The minimum absolute atomic E-state index is 0.106. The average Bonchev–Trinajstić information content (AvgIpc) is 2.55. The van der Waals surface area contributed by atoms with Crippen LogP contribution >= 0.6 is 0 Å². The number of hydroxylamine groups is 1. The number of ether oxygens (including phenoxy) is 1. The molecule has 0 atom stereocenters. The van der Waals surface area contributed by atoms with Gasteiger partial charge in [0.2, 0.25) is 5.91 Å². The number of nitrogens with one attached hydrogen (secondary N) is 2. The van der Waals surface area contributed by atoms with Crippen LogP contribution in [0.4, 0.5) is 10.5 Å². The molecule has 2 rings (SSSR count). The second-order valence-corrected chi connectivity index (χ2v) is 4.96. The van der Waals surface area contributed by atoms with Crippen LogP contribution in [0.3, 0.4) is 0 Å². The van der Waals surface area contributed by atoms with Crippen molar-refractivity contribution in [2.75, 3.05) is 45.2 Å². The number of anilines is 1. The maximum atomic E-state index is 12.0. The van der Waals surface area contributed by atoms with E-state index in [1.807, 2.05) is 4.90 Å². The Kier molecular flexibility index (Phi) is 5.56. The normalized spacial score (nSPS) is 15.3. The Bertz CT molecular complexity index is 512. The summed E-state index contributed by atoms with van der Waals surface area (Å²) in [4.78, 5) is 26.7. The molecule has 1 saturated heterocycles. The van der Waals surface area contributed by atoms with Gasteiger partial charge in [0.1, 0.15) is 5.75 Å². The molecule has 0 aromatic heterocycles. The van der Waals surface area contributed by atoms with Crippen LogP contribution in [0.15, 0.2) is 24.3 Å². The van der Waals surface area contributed by atoms with E-state index in [9.17, 15) is 9.59 Å². The van der Waals surface area contributed by atoms with E-state index < -0.39 is 6.03 Å². The Hall–Kier alpha value is -2.32. The van der Waals surface area contributed by atoms with E-state index >= 15 is 0 Å². The van der Waals surface area contributed by atoms with Crippen molar-refractivity contribution in [1.29, 1.82) is 0 Å². The fourth-order valence-electron chi connectivity index (χ4n) is 2.26. The highest BCUT2D eigenvalue weighted by atomic mass is 16.5. The molecule has 8 nitrogen and oxygen atoms in total. The molecule has 0 saturated carbocycles. The zero-order chi connectivity index (χ0) is 15.9. The lowest BCUT2D eigenvalue weighted by molar-refractivity contribution is -0.117. The quantitative estimate of drug-likeness (QED) is 0.551. The minimum Gasteiger partial charge on any atom is -0.497 e. The summed E-state index contributed by atoms with van der Waals surface area (Å²) >= 11 is 0. The molecular formula is C14H20N4O4. The molecule has 0 bridgehead atoms. The molecule has 0 radical (unpaired) electrons. The van der Waals surface area contributed by atoms with Crippen LogP contribution in [0.1, 0.15) is 0 Å². The first kappa shape index (κ1) is 16.1. The number of rotatable bonds is 4. The predicted octanol–water partition coefficient (Wildman–Crippen LogP) is 0.350. The van der Waals surface area contributed by atoms with Crippen molar-refractivity contribution in [1.82, 2.24) is 15.3 Å². The Balaban J connectivity index is 1.77. The zero-order valence-electron chi connectivity index (χ0n) is 12.4. The Labute approximate surface area is 128 Å². The molecule has 1 aromatic carbocycles. The fourth-order valence-corrected chi connectivity index (χ4v) is 2.26. The maximum absolute atomic E-state index is 12.0. The highest BCUT2D eigenvalue weighted by molar-refractivity contribution is 5.92. The van der Waals surface area contributed by atoms with Crippen LogP contribution in [0.5, 0.6) is 5.75 Å². The molecule has 120 valence electrons. The average molecular weight is 308 g/mol. The first-order valence-electron chi connectivity index (χ1n) is 6.97. The number of benzene rings is 1. The summed E-state index contributed by atoms with van der Waals surface area (Å²) < 4.78 is 5.06. The molecule has 0 unspecified atom stereocenters. The van der Waals surface area contributed by atoms with Gasteiger partial charge in [-0.15, -0.1) is 0 Å². The van der Waals surface area contributed by atoms with Crippen LogP contribution in [-0.4, -0.2) is 66.8 Å². The van der Waals surface area contributed by atoms with E-state index in [4.69, 9.17) is 9.94 Å². The van der Waals surface area contributed by atoms with Crippen LogP contribution in [0, 0.1) is 0 Å². The summed E-state index contributed by atoms with van der Waals surface area (Å²) in [5, 5.41) is 11.4. The number of amides is 3. The summed E-state index contributed by atoms with van der Waals surface area (Å²) in [6.07, 6.45) is 0. The SMILES string of the molecule is COc1ccc(NC(=O)CN2CCN(C(=O)NO)CC2)cc1. The third-order valence-electron chi connectivity index (χ3n) is 3.50. The topological polar surface area (TPSA) is 94.1 Å². The summed E-state index contributed by atoms with van der Waals surface area (Å²) in [7, 11) is 1.59. The van der Waals surface area contributed by atoms with Crippen molar-refractivity contribution in [3.05, 3.63) is 24.3 Å². The second kappa shape index (κ2) is 7.62. The number of urea groups is 1. The molecule has 1 aliphatic heterocycles. The lowest BCUT2D eigenvalue weighted by Crippen LogP contribution is -2.52. The standard InChI is InChI=1S/C14H20N4O4/c1-22-12-4-2-11(3-5-12)15-13(19)10-17-6-8-18(9-7-17)14(20)16-21/h2-5,21H,6-10H2,1H3,(H,15,19)(H,16,20). The molecule has 3 amide bonds. The maximum Gasteiger partial charge on any atom is 0.341 e. The van der Waals surface area contributed by atoms with Gasteiger partial charge in [-0.3, -0.25) is 14.9 Å². The summed E-state index contributed by atoms with van der Waals surface area (Å²) in [6.45, 7) is 2.39. The largest absolute Gasteiger partial charge is 0.497 e. The van der Waals surface area contributed by atoms with Gasteiger partial charge in [0.25, 0.3) is 0 Å². The van der Waals surface area contributed by atoms with Gasteiger partial charge >= 0.3 is 6.03 Å². The van der Waals surface area contributed by atoms with Crippen molar-refractivity contribution < 1.29 is 19.5 Å². The van der Waals surface area contributed by atoms with Gasteiger partial charge in [0.15, 0.2) is 0 Å². The first-order valence-corrected chi connectivity index (χ1v) is 6.97. The molecule has 3 N–H and O–H groups in total. The van der Waals surface area contributed by atoms with Crippen molar-refractivity contribution >= 4 is 17.6 Å². The van der Waals surface area contributed by atoms with E-state index in [1.165, 1.54) is 4.90 Å². The monoisotopic (exact) mass is 308 g/mol. The third kappa shape index (κ3) is 4.34. The number of hydrogen-bond donors (Lipinski definition) is 3. The number of carbonyl (C=O) groups is 2. The lowest BCUT2D eigenvalue weighted by atomic mass is 10.3. The minimum atomic E-state index is -0.512. The number of piperazine rings is 1. The van der Waals surface area contributed by atoms with Gasteiger partial charge < -0.3 is 15.0 Å². The summed E-state index contributed by atoms with van der Waals surface area (Å²) in [6, 6.07) is 6.60. The van der Waals surface area contributed by atoms with E-state index in [0.29, 0.717) is 31.9 Å². The smallest absolute Gasteiger partial charge is 0.341 e. The molecule has 0 spiro atoms. The highest BCUT2D eigenvalue weighted by Gasteiger charge is 2.21. The van der Waals surface area contributed by atoms with Crippen LogP contribution in [0.2, 0.25) is 0 Å². The summed E-state index contributed by atoms with van der Waals surface area (Å²) in [5.41, 5.74) is 2.32.